The molecule has 6 nitrogen and oxygen atoms in total. The normalized spacial score (nSPS) is 11.7. The molecule has 2 heterocycles. The molecule has 0 aliphatic rings. The van der Waals surface area contributed by atoms with Crippen molar-refractivity contribution < 1.29 is 17.4 Å². The van der Waals surface area contributed by atoms with Crippen molar-refractivity contribution >= 4 is 10.0 Å². The van der Waals surface area contributed by atoms with E-state index in [0.717, 1.165) is 16.7 Å². The molecule has 3 rings (SSSR count). The number of aryl methyl sites for hydroxylation is 2. The van der Waals surface area contributed by atoms with Gasteiger partial charge in [-0.15, -0.1) is 0 Å². The van der Waals surface area contributed by atoms with Crippen LogP contribution in [0.25, 0.3) is 11.1 Å². The van der Waals surface area contributed by atoms with Crippen molar-refractivity contribution in [2.24, 2.45) is 0 Å². The van der Waals surface area contributed by atoms with Crippen molar-refractivity contribution in [2.45, 2.75) is 25.3 Å². The van der Waals surface area contributed by atoms with Gasteiger partial charge in [0, 0.05) is 12.1 Å². The molecule has 0 atom stereocenters. The molecule has 0 unspecified atom stereocenters. The van der Waals surface area contributed by atoms with E-state index in [9.17, 15) is 8.42 Å². The smallest absolute Gasteiger partial charge is 0.246 e. The molecule has 0 fully saturated rings. The van der Waals surface area contributed by atoms with E-state index in [-0.39, 0.29) is 17.2 Å². The van der Waals surface area contributed by atoms with E-state index in [1.54, 1.807) is 26.4 Å². The molecule has 0 radical (unpaired) electrons. The zero-order valence-electron chi connectivity index (χ0n) is 12.7. The summed E-state index contributed by atoms with van der Waals surface area (Å²) in [6.07, 6.45) is 3.27. The highest BCUT2D eigenvalue weighted by Crippen LogP contribution is 2.21. The molecular formula is C16H16N2O4S. The molecule has 0 aliphatic heterocycles. The lowest BCUT2D eigenvalue weighted by atomic mass is 10.1. The number of sulfonamides is 1. The molecule has 3 aromatic rings. The summed E-state index contributed by atoms with van der Waals surface area (Å²) in [4.78, 5) is 0.104. The topological polar surface area (TPSA) is 85.3 Å². The number of rotatable bonds is 5. The summed E-state index contributed by atoms with van der Waals surface area (Å²) in [6, 6.07) is 9.46. The minimum atomic E-state index is -3.65. The van der Waals surface area contributed by atoms with Crippen LogP contribution in [0.15, 0.2) is 56.7 Å². The molecule has 0 amide bonds. The Kier molecular flexibility index (Phi) is 4.06. The standard InChI is InChI=1S/C16H16N2O4S/c1-11-16(12(2)22-18-11)23(19,20)17-9-13-3-5-14(6-4-13)15-7-8-21-10-15/h3-8,10,17H,9H2,1-2H3. The fourth-order valence-corrected chi connectivity index (χ4v) is 3.70. The van der Waals surface area contributed by atoms with E-state index in [1.165, 1.54) is 0 Å². The van der Waals surface area contributed by atoms with Gasteiger partial charge in [-0.25, -0.2) is 13.1 Å². The summed E-state index contributed by atoms with van der Waals surface area (Å²) in [5.74, 6) is 0.283. The fourth-order valence-electron chi connectivity index (χ4n) is 2.35. The molecule has 0 saturated carbocycles. The second-order valence-electron chi connectivity index (χ2n) is 5.19. The first-order chi connectivity index (χ1) is 11.0. The quantitative estimate of drug-likeness (QED) is 0.776. The lowest BCUT2D eigenvalue weighted by Gasteiger charge is -2.07. The maximum atomic E-state index is 12.3. The zero-order chi connectivity index (χ0) is 16.4. The van der Waals surface area contributed by atoms with E-state index in [1.807, 2.05) is 30.3 Å². The highest BCUT2D eigenvalue weighted by molar-refractivity contribution is 7.89. The van der Waals surface area contributed by atoms with Crippen molar-refractivity contribution in [2.75, 3.05) is 0 Å². The summed E-state index contributed by atoms with van der Waals surface area (Å²) < 4.78 is 37.2. The molecule has 0 spiro atoms. The molecule has 0 bridgehead atoms. The Morgan fingerprint density at radius 1 is 1.09 bits per heavy atom. The van der Waals surface area contributed by atoms with Crippen LogP contribution >= 0.6 is 0 Å². The first-order valence-electron chi connectivity index (χ1n) is 7.01. The highest BCUT2D eigenvalue weighted by Gasteiger charge is 2.23. The molecule has 120 valence electrons. The van der Waals surface area contributed by atoms with E-state index >= 15 is 0 Å². The van der Waals surface area contributed by atoms with Crippen LogP contribution in [0.4, 0.5) is 0 Å². The Labute approximate surface area is 134 Å². The molecular weight excluding hydrogens is 316 g/mol. The van der Waals surface area contributed by atoms with Gasteiger partial charge >= 0.3 is 0 Å². The molecule has 1 N–H and O–H groups in total. The van der Waals surface area contributed by atoms with Crippen LogP contribution in [0.5, 0.6) is 0 Å². The molecule has 0 saturated heterocycles. The first-order valence-corrected chi connectivity index (χ1v) is 8.50. The second-order valence-corrected chi connectivity index (χ2v) is 6.89. The van der Waals surface area contributed by atoms with Crippen molar-refractivity contribution in [3.63, 3.8) is 0 Å². The van der Waals surface area contributed by atoms with Gasteiger partial charge in [-0.05, 0) is 31.0 Å². The molecule has 2 aromatic heterocycles. The number of nitrogens with one attached hydrogen (secondary N) is 1. The monoisotopic (exact) mass is 332 g/mol. The zero-order valence-corrected chi connectivity index (χ0v) is 13.6. The van der Waals surface area contributed by atoms with Crippen molar-refractivity contribution in [3.8, 4) is 11.1 Å². The Morgan fingerprint density at radius 2 is 1.83 bits per heavy atom. The third-order valence-corrected chi connectivity index (χ3v) is 5.16. The first kappa shape index (κ1) is 15.5. The predicted octanol–water partition coefficient (Wildman–Crippen LogP) is 3.03. The van der Waals surface area contributed by atoms with Gasteiger partial charge in [-0.2, -0.15) is 0 Å². The molecule has 0 aliphatic carbocycles. The van der Waals surface area contributed by atoms with Gasteiger partial charge in [0.1, 0.15) is 10.6 Å². The van der Waals surface area contributed by atoms with Crippen LogP contribution in [-0.2, 0) is 16.6 Å². The fraction of sp³-hybridized carbons (Fsp3) is 0.188. The van der Waals surface area contributed by atoms with Crippen LogP contribution in [0.1, 0.15) is 17.0 Å². The summed E-state index contributed by atoms with van der Waals surface area (Å²) in [5.41, 5.74) is 3.20. The van der Waals surface area contributed by atoms with Gasteiger partial charge in [0.2, 0.25) is 10.0 Å². The number of hydrogen-bond acceptors (Lipinski definition) is 5. The maximum absolute atomic E-state index is 12.3. The van der Waals surface area contributed by atoms with Crippen LogP contribution in [0.3, 0.4) is 0 Å². The maximum Gasteiger partial charge on any atom is 0.246 e. The number of aromatic nitrogens is 1. The van der Waals surface area contributed by atoms with Gasteiger partial charge in [-0.3, -0.25) is 0 Å². The van der Waals surface area contributed by atoms with E-state index in [0.29, 0.717) is 5.69 Å². The Balaban J connectivity index is 1.73. The average molecular weight is 332 g/mol. The SMILES string of the molecule is Cc1noc(C)c1S(=O)(=O)NCc1ccc(-c2ccoc2)cc1. The third-order valence-electron chi connectivity index (χ3n) is 3.51. The molecule has 7 heteroatoms. The predicted molar refractivity (Wildman–Crippen MR) is 84.1 cm³/mol. The van der Waals surface area contributed by atoms with Gasteiger partial charge < -0.3 is 8.94 Å². The third kappa shape index (κ3) is 3.20. The van der Waals surface area contributed by atoms with Crippen molar-refractivity contribution in [1.29, 1.82) is 0 Å². The lowest BCUT2D eigenvalue weighted by molar-refractivity contribution is 0.390. The van der Waals surface area contributed by atoms with Crippen LogP contribution in [0.2, 0.25) is 0 Å². The second kappa shape index (κ2) is 6.02. The van der Waals surface area contributed by atoms with Crippen molar-refractivity contribution in [1.82, 2.24) is 9.88 Å². The summed E-state index contributed by atoms with van der Waals surface area (Å²) >= 11 is 0. The van der Waals surface area contributed by atoms with Gasteiger partial charge in [0.15, 0.2) is 5.76 Å². The van der Waals surface area contributed by atoms with Gasteiger partial charge in [0.05, 0.1) is 12.5 Å². The number of nitrogens with zero attached hydrogens (tertiary/aromatic N) is 1. The van der Waals surface area contributed by atoms with Gasteiger partial charge in [-0.1, -0.05) is 29.4 Å². The van der Waals surface area contributed by atoms with Crippen LogP contribution < -0.4 is 4.72 Å². The van der Waals surface area contributed by atoms with Crippen molar-refractivity contribution in [3.05, 3.63) is 59.9 Å². The van der Waals surface area contributed by atoms with E-state index in [2.05, 4.69) is 9.88 Å². The van der Waals surface area contributed by atoms with E-state index in [4.69, 9.17) is 8.94 Å². The average Bonchev–Trinajstić information content (AvgIpc) is 3.16. The lowest BCUT2D eigenvalue weighted by Crippen LogP contribution is -2.24. The van der Waals surface area contributed by atoms with Gasteiger partial charge in [0.25, 0.3) is 0 Å². The summed E-state index contributed by atoms with van der Waals surface area (Å²) in [5, 5.41) is 3.67. The largest absolute Gasteiger partial charge is 0.472 e. The Morgan fingerprint density at radius 3 is 2.39 bits per heavy atom. The number of benzene rings is 1. The van der Waals surface area contributed by atoms with Crippen LogP contribution in [0, 0.1) is 13.8 Å². The Hall–Kier alpha value is -2.38. The number of furan rings is 1. The minimum Gasteiger partial charge on any atom is -0.472 e. The Bertz CT molecular complexity index is 875. The minimum absolute atomic E-state index is 0.104. The summed E-state index contributed by atoms with van der Waals surface area (Å²) in [6.45, 7) is 3.37. The molecule has 1 aromatic carbocycles. The van der Waals surface area contributed by atoms with E-state index < -0.39 is 10.0 Å². The summed E-state index contributed by atoms with van der Waals surface area (Å²) in [7, 11) is -3.65. The molecule has 23 heavy (non-hydrogen) atoms. The highest BCUT2D eigenvalue weighted by atomic mass is 32.2. The van der Waals surface area contributed by atoms with Crippen LogP contribution in [-0.4, -0.2) is 13.6 Å². The number of hydrogen-bond donors (Lipinski definition) is 1.